The van der Waals surface area contributed by atoms with Crippen molar-refractivity contribution in [1.29, 1.82) is 0 Å². The Morgan fingerprint density at radius 3 is 2.07 bits per heavy atom. The number of nitrogens with zero attached hydrogens (tertiary/aromatic N) is 2. The minimum absolute atomic E-state index is 0.0517. The normalized spacial score (nSPS) is 11.5. The molecule has 2 aromatic carbocycles. The van der Waals surface area contributed by atoms with Gasteiger partial charge in [0.05, 0.1) is 28.1 Å². The van der Waals surface area contributed by atoms with E-state index in [1.165, 1.54) is 18.2 Å². The predicted molar refractivity (Wildman–Crippen MR) is 94.2 cm³/mol. The van der Waals surface area contributed by atoms with E-state index in [-0.39, 0.29) is 11.1 Å². The van der Waals surface area contributed by atoms with E-state index in [1.54, 1.807) is 0 Å². The van der Waals surface area contributed by atoms with Crippen LogP contribution in [0.5, 0.6) is 0 Å². The average molecular weight is 418 g/mol. The van der Waals surface area contributed by atoms with Gasteiger partial charge in [0.1, 0.15) is 0 Å². The molecule has 30 heavy (non-hydrogen) atoms. The van der Waals surface area contributed by atoms with E-state index in [4.69, 9.17) is 5.11 Å². The first-order valence-electron chi connectivity index (χ1n) is 7.73. The van der Waals surface area contributed by atoms with Gasteiger partial charge >= 0.3 is 23.9 Å². The lowest BCUT2D eigenvalue weighted by molar-refractivity contribution is -0.385. The zero-order valence-corrected chi connectivity index (χ0v) is 14.9. The van der Waals surface area contributed by atoms with Gasteiger partial charge in [0.25, 0.3) is 11.4 Å². The first-order valence-corrected chi connectivity index (χ1v) is 7.73. The van der Waals surface area contributed by atoms with E-state index in [0.29, 0.717) is 0 Å². The lowest BCUT2D eigenvalue weighted by Crippen LogP contribution is -2.12. The minimum atomic E-state index is -1.43. The monoisotopic (exact) mass is 418 g/mol. The second kappa shape index (κ2) is 8.55. The van der Waals surface area contributed by atoms with E-state index in [1.807, 2.05) is 0 Å². The number of carbonyl (C=O) groups is 4. The highest BCUT2D eigenvalue weighted by atomic mass is 16.6. The molecule has 0 saturated carbocycles. The Morgan fingerprint density at radius 1 is 0.967 bits per heavy atom. The van der Waals surface area contributed by atoms with Gasteiger partial charge in [-0.25, -0.2) is 19.2 Å². The van der Waals surface area contributed by atoms with E-state index in [9.17, 15) is 39.4 Å². The summed E-state index contributed by atoms with van der Waals surface area (Å²) in [6.45, 7) is 0. The van der Waals surface area contributed by atoms with Gasteiger partial charge in [-0.2, -0.15) is 0 Å². The Morgan fingerprint density at radius 2 is 1.53 bits per heavy atom. The van der Waals surface area contributed by atoms with Crippen molar-refractivity contribution >= 4 is 35.3 Å². The summed E-state index contributed by atoms with van der Waals surface area (Å²) >= 11 is 0. The molecule has 13 heteroatoms. The van der Waals surface area contributed by atoms with Crippen molar-refractivity contribution in [2.24, 2.45) is 0 Å². The molecule has 0 bridgehead atoms. The molecule has 0 radical (unpaired) electrons. The fourth-order valence-electron chi connectivity index (χ4n) is 2.45. The van der Waals surface area contributed by atoms with Gasteiger partial charge in [-0.1, -0.05) is 12.1 Å². The highest BCUT2D eigenvalue weighted by Crippen LogP contribution is 2.28. The summed E-state index contributed by atoms with van der Waals surface area (Å²) in [4.78, 5) is 63.7. The van der Waals surface area contributed by atoms with Crippen LogP contribution >= 0.6 is 0 Å². The van der Waals surface area contributed by atoms with Crippen LogP contribution in [0, 0.1) is 20.2 Å². The average Bonchev–Trinajstić information content (AvgIpc) is 3.01. The number of cyclic esters (lactones) is 2. The molecule has 13 nitrogen and oxygen atoms in total. The highest BCUT2D eigenvalue weighted by Gasteiger charge is 2.36. The van der Waals surface area contributed by atoms with Crippen molar-refractivity contribution in [3.05, 3.63) is 78.9 Å². The topological polar surface area (TPSA) is 193 Å². The highest BCUT2D eigenvalue weighted by molar-refractivity contribution is 6.16. The summed E-state index contributed by atoms with van der Waals surface area (Å²) in [5.74, 6) is -4.28. The van der Waals surface area contributed by atoms with Gasteiger partial charge < -0.3 is 14.6 Å². The van der Waals surface area contributed by atoms with Gasteiger partial charge in [-0.15, -0.1) is 0 Å². The summed E-state index contributed by atoms with van der Waals surface area (Å²) in [5.41, 5.74) is -2.32. The molecular weight excluding hydrogens is 408 g/mol. The van der Waals surface area contributed by atoms with Crippen LogP contribution in [-0.2, 0) is 9.47 Å². The summed E-state index contributed by atoms with van der Waals surface area (Å²) in [6, 6.07) is 7.12. The summed E-state index contributed by atoms with van der Waals surface area (Å²) in [6.07, 6.45) is 0. The van der Waals surface area contributed by atoms with Crippen molar-refractivity contribution < 1.29 is 43.6 Å². The first kappa shape index (κ1) is 21.6. The molecule has 2 aromatic rings. The summed E-state index contributed by atoms with van der Waals surface area (Å²) < 4.78 is 8.55. The number of rotatable bonds is 4. The molecule has 0 aliphatic carbocycles. The maximum absolute atomic E-state index is 11.3. The largest absolute Gasteiger partial charge is 0.478 e. The van der Waals surface area contributed by atoms with Crippen LogP contribution in [0.25, 0.3) is 0 Å². The standard InChI is InChI=1S/C9H7NO6.C8H3NO5/c1-16-9(13)7-5(8(11)12)3-2-4-6(7)10(14)15;10-7-4-2-1-3-5(9(12)13)6(4)8(11)14-7/h2-4H,1H3,(H,11,12);1-3H. The van der Waals surface area contributed by atoms with Gasteiger partial charge in [-0.05, 0) is 12.1 Å². The number of aromatic carboxylic acids is 1. The van der Waals surface area contributed by atoms with Crippen molar-refractivity contribution in [3.8, 4) is 0 Å². The van der Waals surface area contributed by atoms with Gasteiger partial charge in [0.2, 0.25) is 0 Å². The smallest absolute Gasteiger partial charge is 0.353 e. The molecule has 0 unspecified atom stereocenters. The molecule has 1 aliphatic heterocycles. The van der Waals surface area contributed by atoms with Crippen LogP contribution in [0.2, 0.25) is 0 Å². The lowest BCUT2D eigenvalue weighted by Gasteiger charge is -2.04. The van der Waals surface area contributed by atoms with Crippen LogP contribution in [0.15, 0.2) is 36.4 Å². The third kappa shape index (κ3) is 4.09. The Balaban J connectivity index is 0.000000215. The SMILES string of the molecule is COC(=O)c1c(C(=O)O)cccc1[N+](=O)[O-].O=C1OC(=O)c2c1cccc2[N+](=O)[O-]. The number of carboxylic acid groups (broad SMARTS) is 1. The molecule has 0 atom stereocenters. The maximum atomic E-state index is 11.3. The molecule has 0 fully saturated rings. The molecular formula is C17H10N2O11. The van der Waals surface area contributed by atoms with Crippen LogP contribution < -0.4 is 0 Å². The number of carboxylic acids is 1. The first-order chi connectivity index (χ1) is 14.1. The molecule has 0 spiro atoms. The van der Waals surface area contributed by atoms with E-state index in [2.05, 4.69) is 9.47 Å². The van der Waals surface area contributed by atoms with Gasteiger partial charge in [0, 0.05) is 12.1 Å². The van der Waals surface area contributed by atoms with E-state index in [0.717, 1.165) is 25.3 Å². The third-order valence-corrected chi connectivity index (χ3v) is 3.71. The zero-order chi connectivity index (χ0) is 22.6. The molecule has 3 rings (SSSR count). The Kier molecular flexibility index (Phi) is 6.16. The van der Waals surface area contributed by atoms with E-state index >= 15 is 0 Å². The summed E-state index contributed by atoms with van der Waals surface area (Å²) in [7, 11) is 1.02. The van der Waals surface area contributed by atoms with Crippen molar-refractivity contribution in [2.45, 2.75) is 0 Å². The number of esters is 3. The molecule has 1 aliphatic rings. The number of benzene rings is 2. The quantitative estimate of drug-likeness (QED) is 0.330. The number of hydrogen-bond donors (Lipinski definition) is 1. The number of carbonyl (C=O) groups excluding carboxylic acids is 3. The fourth-order valence-corrected chi connectivity index (χ4v) is 2.45. The molecule has 1 heterocycles. The van der Waals surface area contributed by atoms with E-state index < -0.39 is 56.2 Å². The van der Waals surface area contributed by atoms with Crippen molar-refractivity contribution in [3.63, 3.8) is 0 Å². The Bertz CT molecular complexity index is 1070. The molecule has 154 valence electrons. The molecule has 0 saturated heterocycles. The van der Waals surface area contributed by atoms with Crippen LogP contribution in [0.3, 0.4) is 0 Å². The molecule has 0 amide bonds. The number of fused-ring (bicyclic) bond motifs is 1. The molecule has 1 N–H and O–H groups in total. The van der Waals surface area contributed by atoms with Crippen molar-refractivity contribution in [2.75, 3.05) is 7.11 Å². The van der Waals surface area contributed by atoms with Crippen molar-refractivity contribution in [1.82, 2.24) is 0 Å². The number of ether oxygens (including phenoxy) is 2. The number of nitro benzene ring substituents is 2. The maximum Gasteiger partial charge on any atom is 0.353 e. The lowest BCUT2D eigenvalue weighted by atomic mass is 10.1. The Hall–Kier alpha value is -4.68. The molecule has 0 aromatic heterocycles. The van der Waals surface area contributed by atoms with Crippen LogP contribution in [0.1, 0.15) is 41.4 Å². The third-order valence-electron chi connectivity index (χ3n) is 3.71. The second-order valence-electron chi connectivity index (χ2n) is 5.39. The van der Waals surface area contributed by atoms with Crippen LogP contribution in [0.4, 0.5) is 11.4 Å². The van der Waals surface area contributed by atoms with Gasteiger partial charge in [0.15, 0.2) is 11.1 Å². The minimum Gasteiger partial charge on any atom is -0.478 e. The summed E-state index contributed by atoms with van der Waals surface area (Å²) in [5, 5.41) is 29.9. The predicted octanol–water partition coefficient (Wildman–Crippen LogP) is 1.98. The van der Waals surface area contributed by atoms with Gasteiger partial charge in [-0.3, -0.25) is 20.2 Å². The van der Waals surface area contributed by atoms with Crippen LogP contribution in [-0.4, -0.2) is 45.9 Å². The second-order valence-corrected chi connectivity index (χ2v) is 5.39. The Labute approximate surface area is 165 Å². The number of hydrogen-bond acceptors (Lipinski definition) is 10. The number of methoxy groups -OCH3 is 1. The fraction of sp³-hybridized carbons (Fsp3) is 0.0588. The number of nitro groups is 2. The zero-order valence-electron chi connectivity index (χ0n) is 14.9.